The van der Waals surface area contributed by atoms with Crippen molar-refractivity contribution in [2.45, 2.75) is 27.2 Å². The van der Waals surface area contributed by atoms with E-state index in [9.17, 15) is 0 Å². The molecular formula is C10H15N. The summed E-state index contributed by atoms with van der Waals surface area (Å²) in [6, 6.07) is 0. The highest BCUT2D eigenvalue weighted by atomic mass is 15.2. The Labute approximate surface area is 68.7 Å². The van der Waals surface area contributed by atoms with Gasteiger partial charge < -0.3 is 4.90 Å². The fraction of sp³-hybridized carbons (Fsp3) is 0.400. The van der Waals surface area contributed by atoms with E-state index in [4.69, 9.17) is 0 Å². The van der Waals surface area contributed by atoms with E-state index in [1.54, 1.807) is 0 Å². The first-order valence-corrected chi connectivity index (χ1v) is 4.01. The van der Waals surface area contributed by atoms with Crippen molar-refractivity contribution in [1.82, 2.24) is 4.90 Å². The molecule has 0 aliphatic carbocycles. The molecule has 0 saturated carbocycles. The molecule has 0 spiro atoms. The van der Waals surface area contributed by atoms with Crippen molar-refractivity contribution in [2.75, 3.05) is 0 Å². The van der Waals surface area contributed by atoms with Crippen LogP contribution in [0.1, 0.15) is 27.2 Å². The molecule has 0 aromatic heterocycles. The predicted molar refractivity (Wildman–Crippen MR) is 48.8 cm³/mol. The molecule has 60 valence electrons. The third-order valence-corrected chi connectivity index (χ3v) is 2.12. The van der Waals surface area contributed by atoms with Crippen molar-refractivity contribution in [3.63, 3.8) is 0 Å². The van der Waals surface area contributed by atoms with Gasteiger partial charge >= 0.3 is 0 Å². The standard InChI is InChI=1S/C10H15N/c1-5-6-7-11-9(3)8(2)10(11)4/h6-7H,3,5H2,1-2,4H3/b7-6-. The minimum atomic E-state index is 1.08. The second kappa shape index (κ2) is 2.95. The molecule has 0 aromatic carbocycles. The van der Waals surface area contributed by atoms with Crippen LogP contribution in [0.3, 0.4) is 0 Å². The van der Waals surface area contributed by atoms with Gasteiger partial charge in [-0.1, -0.05) is 19.6 Å². The summed E-state index contributed by atoms with van der Waals surface area (Å²) in [6.07, 6.45) is 5.31. The van der Waals surface area contributed by atoms with Gasteiger partial charge in [-0.3, -0.25) is 0 Å². The maximum absolute atomic E-state index is 3.94. The second-order valence-corrected chi connectivity index (χ2v) is 2.82. The Morgan fingerprint density at radius 3 is 2.55 bits per heavy atom. The molecule has 1 nitrogen and oxygen atoms in total. The molecule has 0 bridgehead atoms. The van der Waals surface area contributed by atoms with E-state index in [1.165, 1.54) is 11.3 Å². The average molecular weight is 149 g/mol. The van der Waals surface area contributed by atoms with Gasteiger partial charge in [-0.25, -0.2) is 0 Å². The zero-order chi connectivity index (χ0) is 8.43. The first kappa shape index (κ1) is 8.12. The molecule has 1 rings (SSSR count). The van der Waals surface area contributed by atoms with Crippen LogP contribution in [0, 0.1) is 0 Å². The zero-order valence-electron chi connectivity index (χ0n) is 7.52. The van der Waals surface area contributed by atoms with Crippen LogP contribution in [0.15, 0.2) is 35.8 Å². The highest BCUT2D eigenvalue weighted by molar-refractivity contribution is 5.43. The molecule has 0 aromatic rings. The van der Waals surface area contributed by atoms with Crippen molar-refractivity contribution in [3.05, 3.63) is 35.8 Å². The van der Waals surface area contributed by atoms with Gasteiger partial charge in [0, 0.05) is 17.6 Å². The molecule has 0 atom stereocenters. The Balaban J connectivity index is 2.67. The van der Waals surface area contributed by atoms with Gasteiger partial charge in [-0.15, -0.1) is 0 Å². The summed E-state index contributed by atoms with van der Waals surface area (Å²) in [7, 11) is 0. The van der Waals surface area contributed by atoms with Crippen molar-refractivity contribution in [3.8, 4) is 0 Å². The van der Waals surface area contributed by atoms with Crippen LogP contribution in [0.2, 0.25) is 0 Å². The second-order valence-electron chi connectivity index (χ2n) is 2.82. The molecule has 1 heterocycles. The highest BCUT2D eigenvalue weighted by Crippen LogP contribution is 2.32. The smallest absolute Gasteiger partial charge is 0.0426 e. The van der Waals surface area contributed by atoms with Crippen LogP contribution in [0.25, 0.3) is 0 Å². The predicted octanol–water partition coefficient (Wildman–Crippen LogP) is 3.03. The summed E-state index contributed by atoms with van der Waals surface area (Å²) in [5, 5.41) is 0. The first-order valence-electron chi connectivity index (χ1n) is 4.01. The molecule has 0 saturated heterocycles. The van der Waals surface area contributed by atoms with Gasteiger partial charge in [0.1, 0.15) is 0 Å². The van der Waals surface area contributed by atoms with Gasteiger partial charge in [0.25, 0.3) is 0 Å². The Morgan fingerprint density at radius 2 is 2.09 bits per heavy atom. The number of hydrogen-bond acceptors (Lipinski definition) is 1. The molecule has 0 radical (unpaired) electrons. The summed E-state index contributed by atoms with van der Waals surface area (Å²) >= 11 is 0. The molecule has 0 fully saturated rings. The fourth-order valence-electron chi connectivity index (χ4n) is 1.13. The number of allylic oxidation sites excluding steroid dienone is 3. The number of rotatable bonds is 2. The molecule has 11 heavy (non-hydrogen) atoms. The summed E-state index contributed by atoms with van der Waals surface area (Å²) in [5.41, 5.74) is 3.78. The van der Waals surface area contributed by atoms with E-state index < -0.39 is 0 Å². The highest BCUT2D eigenvalue weighted by Gasteiger charge is 2.20. The quantitative estimate of drug-likeness (QED) is 0.583. The molecule has 1 heteroatoms. The van der Waals surface area contributed by atoms with Gasteiger partial charge in [0.05, 0.1) is 0 Å². The van der Waals surface area contributed by atoms with Gasteiger partial charge in [0.2, 0.25) is 0 Å². The fourth-order valence-corrected chi connectivity index (χ4v) is 1.13. The van der Waals surface area contributed by atoms with Crippen LogP contribution >= 0.6 is 0 Å². The van der Waals surface area contributed by atoms with E-state index in [-0.39, 0.29) is 0 Å². The zero-order valence-corrected chi connectivity index (χ0v) is 7.52. The monoisotopic (exact) mass is 149 g/mol. The molecule has 0 amide bonds. The maximum Gasteiger partial charge on any atom is 0.0426 e. The van der Waals surface area contributed by atoms with Gasteiger partial charge in [0.15, 0.2) is 0 Å². The Bertz CT molecular complexity index is 233. The van der Waals surface area contributed by atoms with Gasteiger partial charge in [-0.05, 0) is 25.8 Å². The van der Waals surface area contributed by atoms with Crippen molar-refractivity contribution in [1.29, 1.82) is 0 Å². The largest absolute Gasteiger partial charge is 0.321 e. The lowest BCUT2D eigenvalue weighted by Gasteiger charge is -2.35. The lowest BCUT2D eigenvalue weighted by molar-refractivity contribution is 0.517. The average Bonchev–Trinajstić information content (AvgIpc) is 2.04. The van der Waals surface area contributed by atoms with E-state index in [1.807, 2.05) is 0 Å². The summed E-state index contributed by atoms with van der Waals surface area (Å²) < 4.78 is 0. The normalized spacial score (nSPS) is 18.1. The molecule has 1 aliphatic heterocycles. The molecule has 0 unspecified atom stereocenters. The van der Waals surface area contributed by atoms with E-state index >= 15 is 0 Å². The van der Waals surface area contributed by atoms with Crippen LogP contribution in [-0.2, 0) is 0 Å². The van der Waals surface area contributed by atoms with Crippen molar-refractivity contribution >= 4 is 0 Å². The maximum atomic E-state index is 3.94. The van der Waals surface area contributed by atoms with E-state index in [2.05, 4.69) is 44.5 Å². The third-order valence-electron chi connectivity index (χ3n) is 2.12. The number of hydrogen-bond donors (Lipinski definition) is 0. The minimum absolute atomic E-state index is 1.08. The Morgan fingerprint density at radius 1 is 1.45 bits per heavy atom. The van der Waals surface area contributed by atoms with Gasteiger partial charge in [-0.2, -0.15) is 0 Å². The molecular weight excluding hydrogens is 134 g/mol. The molecule has 1 aliphatic rings. The van der Waals surface area contributed by atoms with E-state index in [0.29, 0.717) is 0 Å². The van der Waals surface area contributed by atoms with Crippen LogP contribution in [0.4, 0.5) is 0 Å². The minimum Gasteiger partial charge on any atom is -0.321 e. The SMILES string of the molecule is C=C1C(C)=C(C)N1/C=C\CC. The summed E-state index contributed by atoms with van der Waals surface area (Å²) in [4.78, 5) is 2.12. The van der Waals surface area contributed by atoms with Crippen molar-refractivity contribution in [2.24, 2.45) is 0 Å². The van der Waals surface area contributed by atoms with Crippen LogP contribution in [0.5, 0.6) is 0 Å². The lowest BCUT2D eigenvalue weighted by atomic mass is 10.0. The Kier molecular flexibility index (Phi) is 2.18. The first-order chi connectivity index (χ1) is 5.18. The summed E-state index contributed by atoms with van der Waals surface area (Å²) in [6.45, 7) is 10.3. The molecule has 0 N–H and O–H groups in total. The van der Waals surface area contributed by atoms with Crippen molar-refractivity contribution < 1.29 is 0 Å². The lowest BCUT2D eigenvalue weighted by Crippen LogP contribution is -2.25. The van der Waals surface area contributed by atoms with Crippen LogP contribution < -0.4 is 0 Å². The summed E-state index contributed by atoms with van der Waals surface area (Å²) in [5.74, 6) is 0. The number of nitrogens with zero attached hydrogens (tertiary/aromatic N) is 1. The third kappa shape index (κ3) is 1.23. The van der Waals surface area contributed by atoms with E-state index in [0.717, 1.165) is 12.1 Å². The van der Waals surface area contributed by atoms with Crippen LogP contribution in [-0.4, -0.2) is 4.90 Å². The topological polar surface area (TPSA) is 3.24 Å². The Hall–Kier alpha value is -0.980.